The Morgan fingerprint density at radius 3 is 1.53 bits per heavy atom. The Morgan fingerprint density at radius 2 is 1.13 bits per heavy atom. The van der Waals surface area contributed by atoms with Gasteiger partial charge in [0.2, 0.25) is 11.8 Å². The molecule has 2 aromatic carbocycles. The standard InChI is InChI=1S/C23H26N4O3/c28-21-11-19(15-26(21)13-17-7-3-1-4-8-17)24-23(30)25-20-12-22(29)27(16-20)14-18-9-5-2-6-10-18/h1-10,19-20H,11-16H2,(H2,24,25,30)/t19-,20+. The van der Waals surface area contributed by atoms with Gasteiger partial charge in [-0.1, -0.05) is 60.7 Å². The quantitative estimate of drug-likeness (QED) is 0.769. The summed E-state index contributed by atoms with van der Waals surface area (Å²) in [7, 11) is 0. The van der Waals surface area contributed by atoms with Crippen LogP contribution in [0, 0.1) is 0 Å². The van der Waals surface area contributed by atoms with Gasteiger partial charge in [-0.25, -0.2) is 4.79 Å². The summed E-state index contributed by atoms with van der Waals surface area (Å²) in [6.45, 7) is 2.08. The molecule has 4 amide bonds. The molecule has 0 aliphatic carbocycles. The number of hydrogen-bond donors (Lipinski definition) is 2. The van der Waals surface area contributed by atoms with Crippen LogP contribution in [0.15, 0.2) is 60.7 Å². The van der Waals surface area contributed by atoms with Gasteiger partial charge in [0, 0.05) is 39.0 Å². The molecule has 7 nitrogen and oxygen atoms in total. The first kappa shape index (κ1) is 19.9. The molecule has 30 heavy (non-hydrogen) atoms. The largest absolute Gasteiger partial charge is 0.336 e. The molecule has 2 heterocycles. The summed E-state index contributed by atoms with van der Waals surface area (Å²) in [4.78, 5) is 40.5. The summed E-state index contributed by atoms with van der Waals surface area (Å²) in [6.07, 6.45) is 0.591. The van der Waals surface area contributed by atoms with Crippen molar-refractivity contribution in [2.24, 2.45) is 0 Å². The van der Waals surface area contributed by atoms with Crippen LogP contribution in [-0.2, 0) is 22.7 Å². The minimum absolute atomic E-state index is 0.0363. The van der Waals surface area contributed by atoms with Crippen LogP contribution in [-0.4, -0.2) is 52.8 Å². The van der Waals surface area contributed by atoms with E-state index in [2.05, 4.69) is 10.6 Å². The number of carbonyl (C=O) groups excluding carboxylic acids is 3. The van der Waals surface area contributed by atoms with Gasteiger partial charge in [0.15, 0.2) is 0 Å². The molecule has 0 radical (unpaired) electrons. The number of hydrogen-bond acceptors (Lipinski definition) is 3. The van der Waals surface area contributed by atoms with Crippen molar-refractivity contribution in [3.63, 3.8) is 0 Å². The van der Waals surface area contributed by atoms with Gasteiger partial charge >= 0.3 is 6.03 Å². The second-order valence-electron chi connectivity index (χ2n) is 7.94. The molecule has 0 spiro atoms. The monoisotopic (exact) mass is 406 g/mol. The summed E-state index contributed by atoms with van der Waals surface area (Å²) >= 11 is 0. The van der Waals surface area contributed by atoms with E-state index in [-0.39, 0.29) is 29.9 Å². The summed E-state index contributed by atoms with van der Waals surface area (Å²) in [5.74, 6) is 0.0727. The molecule has 2 aliphatic rings. The average Bonchev–Trinajstić information content (AvgIpc) is 3.24. The molecule has 4 rings (SSSR count). The van der Waals surface area contributed by atoms with Crippen LogP contribution in [0.4, 0.5) is 4.79 Å². The predicted molar refractivity (Wildman–Crippen MR) is 112 cm³/mol. The van der Waals surface area contributed by atoms with Crippen molar-refractivity contribution < 1.29 is 14.4 Å². The first-order valence-corrected chi connectivity index (χ1v) is 10.3. The third-order valence-corrected chi connectivity index (χ3v) is 5.53. The maximum atomic E-state index is 12.4. The van der Waals surface area contributed by atoms with E-state index >= 15 is 0 Å². The van der Waals surface area contributed by atoms with Crippen LogP contribution >= 0.6 is 0 Å². The SMILES string of the molecule is O=C(N[C@@H]1CC(=O)N(Cc2ccccc2)C1)N[C@H]1CC(=O)N(Cc2ccccc2)C1. The normalized spacial score (nSPS) is 21.2. The predicted octanol–water partition coefficient (Wildman–Crippen LogP) is 1.89. The van der Waals surface area contributed by atoms with Gasteiger partial charge in [0.1, 0.15) is 0 Å². The van der Waals surface area contributed by atoms with Crippen LogP contribution in [0.5, 0.6) is 0 Å². The average molecular weight is 406 g/mol. The number of likely N-dealkylation sites (tertiary alicyclic amines) is 2. The summed E-state index contributed by atoms with van der Waals surface area (Å²) in [5.41, 5.74) is 2.14. The molecule has 0 unspecified atom stereocenters. The van der Waals surface area contributed by atoms with E-state index in [1.165, 1.54) is 0 Å². The fourth-order valence-electron chi connectivity index (χ4n) is 4.06. The molecule has 156 valence electrons. The third kappa shape index (κ3) is 4.97. The third-order valence-electron chi connectivity index (χ3n) is 5.53. The highest BCUT2D eigenvalue weighted by molar-refractivity contribution is 5.83. The van der Waals surface area contributed by atoms with Crippen molar-refractivity contribution in [2.75, 3.05) is 13.1 Å². The zero-order valence-electron chi connectivity index (χ0n) is 16.8. The second kappa shape index (κ2) is 8.98. The molecule has 2 aliphatic heterocycles. The second-order valence-corrected chi connectivity index (χ2v) is 7.94. The maximum Gasteiger partial charge on any atom is 0.315 e. The highest BCUT2D eigenvalue weighted by Crippen LogP contribution is 2.17. The van der Waals surface area contributed by atoms with Crippen molar-refractivity contribution in [3.05, 3.63) is 71.8 Å². The van der Waals surface area contributed by atoms with Gasteiger partial charge in [-0.05, 0) is 11.1 Å². The number of benzene rings is 2. The maximum absolute atomic E-state index is 12.4. The van der Waals surface area contributed by atoms with Crippen LogP contribution in [0.3, 0.4) is 0 Å². The van der Waals surface area contributed by atoms with Gasteiger partial charge in [-0.2, -0.15) is 0 Å². The lowest BCUT2D eigenvalue weighted by atomic mass is 10.2. The summed E-state index contributed by atoms with van der Waals surface area (Å²) in [5, 5.41) is 5.78. The Balaban J connectivity index is 1.24. The van der Waals surface area contributed by atoms with E-state index < -0.39 is 0 Å². The van der Waals surface area contributed by atoms with Gasteiger partial charge < -0.3 is 20.4 Å². The molecule has 2 atom stereocenters. The van der Waals surface area contributed by atoms with Crippen LogP contribution < -0.4 is 10.6 Å². The molecular weight excluding hydrogens is 380 g/mol. The molecule has 2 N–H and O–H groups in total. The molecule has 2 saturated heterocycles. The van der Waals surface area contributed by atoms with E-state index in [1.807, 2.05) is 60.7 Å². The first-order chi connectivity index (χ1) is 14.6. The fourth-order valence-corrected chi connectivity index (χ4v) is 4.06. The molecule has 0 aromatic heterocycles. The summed E-state index contributed by atoms with van der Waals surface area (Å²) < 4.78 is 0. The molecular formula is C23H26N4O3. The highest BCUT2D eigenvalue weighted by Gasteiger charge is 2.33. The molecule has 0 saturated carbocycles. The fraction of sp³-hybridized carbons (Fsp3) is 0.348. The highest BCUT2D eigenvalue weighted by atomic mass is 16.2. The topological polar surface area (TPSA) is 81.8 Å². The Hall–Kier alpha value is -3.35. The van der Waals surface area contributed by atoms with E-state index in [1.54, 1.807) is 9.80 Å². The van der Waals surface area contributed by atoms with Gasteiger partial charge in [0.25, 0.3) is 0 Å². The van der Waals surface area contributed by atoms with Crippen LogP contribution in [0.1, 0.15) is 24.0 Å². The molecule has 7 heteroatoms. The van der Waals surface area contributed by atoms with E-state index in [0.29, 0.717) is 39.0 Å². The zero-order chi connectivity index (χ0) is 20.9. The van der Waals surface area contributed by atoms with Gasteiger partial charge in [-0.15, -0.1) is 0 Å². The lowest BCUT2D eigenvalue weighted by molar-refractivity contribution is -0.129. The number of nitrogens with one attached hydrogen (secondary N) is 2. The number of rotatable bonds is 6. The molecule has 0 bridgehead atoms. The summed E-state index contributed by atoms with van der Waals surface area (Å²) in [6, 6.07) is 18.8. The first-order valence-electron chi connectivity index (χ1n) is 10.3. The van der Waals surface area contributed by atoms with E-state index in [0.717, 1.165) is 11.1 Å². The Labute approximate surface area is 176 Å². The van der Waals surface area contributed by atoms with Crippen molar-refractivity contribution in [3.8, 4) is 0 Å². The molecule has 2 aromatic rings. The Kier molecular flexibility index (Phi) is 5.97. The van der Waals surface area contributed by atoms with Crippen molar-refractivity contribution in [2.45, 2.75) is 38.0 Å². The van der Waals surface area contributed by atoms with Crippen molar-refractivity contribution in [1.82, 2.24) is 20.4 Å². The lowest BCUT2D eigenvalue weighted by Gasteiger charge is -2.19. The number of urea groups is 1. The number of carbonyl (C=O) groups is 3. The lowest BCUT2D eigenvalue weighted by Crippen LogP contribution is -2.47. The smallest absolute Gasteiger partial charge is 0.315 e. The molecule has 2 fully saturated rings. The van der Waals surface area contributed by atoms with Gasteiger partial charge in [0.05, 0.1) is 12.1 Å². The number of nitrogens with zero attached hydrogens (tertiary/aromatic N) is 2. The zero-order valence-corrected chi connectivity index (χ0v) is 16.8. The van der Waals surface area contributed by atoms with Crippen LogP contribution in [0.2, 0.25) is 0 Å². The van der Waals surface area contributed by atoms with Gasteiger partial charge in [-0.3, -0.25) is 9.59 Å². The minimum Gasteiger partial charge on any atom is -0.336 e. The van der Waals surface area contributed by atoms with Crippen LogP contribution in [0.25, 0.3) is 0 Å². The minimum atomic E-state index is -0.325. The van der Waals surface area contributed by atoms with E-state index in [9.17, 15) is 14.4 Å². The Bertz CT molecular complexity index is 830. The Morgan fingerprint density at radius 1 is 0.733 bits per heavy atom. The van der Waals surface area contributed by atoms with E-state index in [4.69, 9.17) is 0 Å². The van der Waals surface area contributed by atoms with Crippen molar-refractivity contribution in [1.29, 1.82) is 0 Å². The van der Waals surface area contributed by atoms with Crippen molar-refractivity contribution >= 4 is 17.8 Å². The number of amides is 4.